The van der Waals surface area contributed by atoms with E-state index in [-0.39, 0.29) is 33.5 Å². The van der Waals surface area contributed by atoms with E-state index in [1.165, 1.54) is 16.8 Å². The van der Waals surface area contributed by atoms with Crippen LogP contribution in [-0.4, -0.2) is 30.5 Å². The summed E-state index contributed by atoms with van der Waals surface area (Å²) in [7, 11) is 1.62. The number of aryl methyl sites for hydroxylation is 2. The predicted molar refractivity (Wildman–Crippen MR) is 173 cm³/mol. The molecule has 0 radical (unpaired) electrons. The molecule has 5 rings (SSSR count). The van der Waals surface area contributed by atoms with Crippen molar-refractivity contribution >= 4 is 22.3 Å². The highest BCUT2D eigenvalue weighted by Gasteiger charge is 2.22. The molecule has 3 heterocycles. The van der Waals surface area contributed by atoms with Crippen molar-refractivity contribution in [1.29, 1.82) is 0 Å². The average molecular weight is 597 g/mol. The summed E-state index contributed by atoms with van der Waals surface area (Å²) in [5, 5.41) is 22.5. The number of pyridine rings is 2. The Labute approximate surface area is 255 Å². The molecule has 44 heavy (non-hydrogen) atoms. The van der Waals surface area contributed by atoms with Crippen LogP contribution in [0.2, 0.25) is 0 Å². The molecule has 228 valence electrons. The van der Waals surface area contributed by atoms with Gasteiger partial charge in [0.25, 0.3) is 11.1 Å². The Bertz CT molecular complexity index is 1990. The van der Waals surface area contributed by atoms with E-state index >= 15 is 4.39 Å². The number of fused-ring (bicyclic) bond motifs is 1. The molecule has 0 amide bonds. The van der Waals surface area contributed by atoms with Gasteiger partial charge in [-0.05, 0) is 59.4 Å². The molecule has 0 aliphatic carbocycles. The number of nitrogens with zero attached hydrogens (tertiary/aromatic N) is 4. The van der Waals surface area contributed by atoms with Crippen molar-refractivity contribution in [2.75, 3.05) is 5.32 Å². The summed E-state index contributed by atoms with van der Waals surface area (Å²) in [4.78, 5) is 31.0. The van der Waals surface area contributed by atoms with E-state index in [9.17, 15) is 14.7 Å². The molecule has 3 aromatic heterocycles. The smallest absolute Gasteiger partial charge is 0.282 e. The van der Waals surface area contributed by atoms with Crippen molar-refractivity contribution in [2.24, 2.45) is 7.05 Å². The number of aromatic nitrogens is 4. The number of phenols is 1. The molecule has 0 fully saturated rings. The zero-order chi connectivity index (χ0) is 31.9. The van der Waals surface area contributed by atoms with Gasteiger partial charge in [-0.3, -0.25) is 9.59 Å². The van der Waals surface area contributed by atoms with Gasteiger partial charge in [-0.15, -0.1) is 0 Å². The van der Waals surface area contributed by atoms with Crippen LogP contribution in [0.4, 0.5) is 15.9 Å². The lowest BCUT2D eigenvalue weighted by molar-refractivity contribution is 0.471. The van der Waals surface area contributed by atoms with Gasteiger partial charge in [0.2, 0.25) is 0 Å². The Morgan fingerprint density at radius 3 is 2.43 bits per heavy atom. The van der Waals surface area contributed by atoms with Crippen LogP contribution in [0.25, 0.3) is 27.6 Å². The summed E-state index contributed by atoms with van der Waals surface area (Å²) < 4.78 is 17.7. The topological polar surface area (TPSA) is 114 Å². The fourth-order valence-corrected chi connectivity index (χ4v) is 5.06. The molecule has 0 unspecified atom stereocenters. The first-order valence-corrected chi connectivity index (χ1v) is 14.5. The van der Waals surface area contributed by atoms with Gasteiger partial charge in [0.15, 0.2) is 0 Å². The van der Waals surface area contributed by atoms with Gasteiger partial charge in [0.1, 0.15) is 28.8 Å². The van der Waals surface area contributed by atoms with Gasteiger partial charge in [0.05, 0.1) is 11.6 Å². The van der Waals surface area contributed by atoms with Crippen molar-refractivity contribution in [3.63, 3.8) is 0 Å². The van der Waals surface area contributed by atoms with Crippen LogP contribution in [0.3, 0.4) is 0 Å². The highest BCUT2D eigenvalue weighted by molar-refractivity contribution is 5.84. The van der Waals surface area contributed by atoms with E-state index in [0.29, 0.717) is 40.5 Å². The number of halogens is 1. The van der Waals surface area contributed by atoms with E-state index in [1.54, 1.807) is 49.8 Å². The zero-order valence-corrected chi connectivity index (χ0v) is 26.0. The van der Waals surface area contributed by atoms with Crippen LogP contribution in [0.5, 0.6) is 5.75 Å². The van der Waals surface area contributed by atoms with Gasteiger partial charge < -0.3 is 20.3 Å². The maximum Gasteiger partial charge on any atom is 0.282 e. The van der Waals surface area contributed by atoms with Gasteiger partial charge in [-0.25, -0.2) is 9.37 Å². The van der Waals surface area contributed by atoms with Crippen LogP contribution in [-0.2, 0) is 19.0 Å². The highest BCUT2D eigenvalue weighted by Crippen LogP contribution is 2.37. The Balaban J connectivity index is 1.56. The number of hydrogen-bond donors (Lipinski definition) is 3. The summed E-state index contributed by atoms with van der Waals surface area (Å²) in [6, 6.07) is 12.2. The lowest BCUT2D eigenvalue weighted by Crippen LogP contribution is -2.23. The standard InChI is InChI=1S/C34H37FN6O3/c1-19(2)36-15-21-9-11-28(37-16-21)39-26-13-23(18-40(7)32(26)43)29-20(3)8-10-27(31(29)42)41-33(44)30-22(17-38-41)12-24(14-25(30)35)34(4,5)6/h8-14,16-19,36,42H,15H2,1-7H3,(H,37,39). The number of anilines is 2. The molecule has 0 spiro atoms. The van der Waals surface area contributed by atoms with E-state index in [1.807, 2.05) is 33.8 Å². The second-order valence-electron chi connectivity index (χ2n) is 12.4. The molecule has 0 saturated heterocycles. The normalized spacial score (nSPS) is 11.8. The monoisotopic (exact) mass is 596 g/mol. The maximum atomic E-state index is 15.3. The molecule has 0 saturated carbocycles. The Hall–Kier alpha value is -4.83. The van der Waals surface area contributed by atoms with Crippen molar-refractivity contribution in [3.05, 3.63) is 104 Å². The Morgan fingerprint density at radius 1 is 1.02 bits per heavy atom. The first kappa shape index (κ1) is 30.6. The van der Waals surface area contributed by atoms with Crippen molar-refractivity contribution < 1.29 is 9.50 Å². The average Bonchev–Trinajstić information content (AvgIpc) is 2.95. The van der Waals surface area contributed by atoms with Gasteiger partial charge >= 0.3 is 0 Å². The maximum absolute atomic E-state index is 15.3. The number of rotatable bonds is 7. The van der Waals surface area contributed by atoms with E-state index in [2.05, 4.69) is 34.6 Å². The van der Waals surface area contributed by atoms with Gasteiger partial charge in [-0.1, -0.05) is 46.8 Å². The van der Waals surface area contributed by atoms with Gasteiger partial charge in [0, 0.05) is 48.5 Å². The Kier molecular flexibility index (Phi) is 8.13. The van der Waals surface area contributed by atoms with Gasteiger partial charge in [-0.2, -0.15) is 9.78 Å². The third-order valence-electron chi connectivity index (χ3n) is 7.57. The molecular weight excluding hydrogens is 559 g/mol. The van der Waals surface area contributed by atoms with E-state index in [4.69, 9.17) is 0 Å². The van der Waals surface area contributed by atoms with Crippen molar-refractivity contribution in [2.45, 2.75) is 59.5 Å². The second-order valence-corrected chi connectivity index (χ2v) is 12.4. The molecule has 10 heteroatoms. The molecule has 0 atom stereocenters. The molecule has 2 aromatic carbocycles. The van der Waals surface area contributed by atoms with E-state index < -0.39 is 11.4 Å². The lowest BCUT2D eigenvalue weighted by Gasteiger charge is -2.20. The summed E-state index contributed by atoms with van der Waals surface area (Å²) in [6.07, 6.45) is 4.78. The molecule has 0 aliphatic rings. The number of benzene rings is 2. The minimum atomic E-state index is -0.688. The Morgan fingerprint density at radius 2 is 1.77 bits per heavy atom. The first-order chi connectivity index (χ1) is 20.7. The predicted octanol–water partition coefficient (Wildman–Crippen LogP) is 5.84. The molecule has 5 aromatic rings. The summed E-state index contributed by atoms with van der Waals surface area (Å²) in [6.45, 7) is 12.5. The minimum absolute atomic E-state index is 0.0902. The SMILES string of the molecule is Cc1ccc(-n2ncc3cc(C(C)(C)C)cc(F)c3c2=O)c(O)c1-c1cc(Nc2ccc(CNC(C)C)cn2)c(=O)n(C)c1. The summed E-state index contributed by atoms with van der Waals surface area (Å²) in [5.41, 5.74) is 2.44. The lowest BCUT2D eigenvalue weighted by atomic mass is 9.86. The zero-order valence-electron chi connectivity index (χ0n) is 26.0. The highest BCUT2D eigenvalue weighted by atomic mass is 19.1. The molecule has 0 bridgehead atoms. The number of phenolic OH excluding ortho intramolecular Hbond substituents is 1. The summed E-state index contributed by atoms with van der Waals surface area (Å²) in [5.74, 6) is -0.381. The van der Waals surface area contributed by atoms with Crippen LogP contribution in [0, 0.1) is 12.7 Å². The van der Waals surface area contributed by atoms with Crippen LogP contribution >= 0.6 is 0 Å². The van der Waals surface area contributed by atoms with Crippen molar-refractivity contribution in [3.8, 4) is 22.6 Å². The largest absolute Gasteiger partial charge is 0.505 e. The van der Waals surface area contributed by atoms with E-state index in [0.717, 1.165) is 15.8 Å². The molecule has 9 nitrogen and oxygen atoms in total. The minimum Gasteiger partial charge on any atom is -0.505 e. The quantitative estimate of drug-likeness (QED) is 0.216. The van der Waals surface area contributed by atoms with Crippen molar-refractivity contribution in [1.82, 2.24) is 24.6 Å². The fraction of sp³-hybridized carbons (Fsp3) is 0.294. The third-order valence-corrected chi connectivity index (χ3v) is 7.57. The second kappa shape index (κ2) is 11.7. The summed E-state index contributed by atoms with van der Waals surface area (Å²) >= 11 is 0. The van der Waals surface area contributed by atoms with Crippen LogP contribution in [0.1, 0.15) is 51.3 Å². The third kappa shape index (κ3) is 5.98. The first-order valence-electron chi connectivity index (χ1n) is 14.5. The molecule has 0 aliphatic heterocycles. The molecule has 3 N–H and O–H groups in total. The molecular formula is C34H37FN6O3. The number of hydrogen-bond acceptors (Lipinski definition) is 7. The number of aromatic hydroxyl groups is 1. The number of nitrogens with one attached hydrogen (secondary N) is 2. The van der Waals surface area contributed by atoms with Crippen LogP contribution in [0.15, 0.2) is 70.6 Å². The fourth-order valence-electron chi connectivity index (χ4n) is 5.06. The van der Waals surface area contributed by atoms with Crippen LogP contribution < -0.4 is 21.8 Å².